The Hall–Kier alpha value is -1.52. The Labute approximate surface area is 127 Å². The molecule has 2 rings (SSSR count). The Morgan fingerprint density at radius 1 is 1.05 bits per heavy atom. The summed E-state index contributed by atoms with van der Waals surface area (Å²) in [5, 5.41) is 0. The van der Waals surface area contributed by atoms with E-state index in [1.54, 1.807) is 0 Å². The van der Waals surface area contributed by atoms with Gasteiger partial charge in [0.05, 0.1) is 0 Å². The van der Waals surface area contributed by atoms with Crippen molar-refractivity contribution in [1.29, 1.82) is 0 Å². The van der Waals surface area contributed by atoms with Crippen LogP contribution in [0.15, 0.2) is 46.9 Å². The van der Waals surface area contributed by atoms with Crippen LogP contribution in [0.1, 0.15) is 11.1 Å². The molecule has 0 aliphatic rings. The maximum absolute atomic E-state index is 5.81. The van der Waals surface area contributed by atoms with Crippen LogP contribution < -0.4 is 15.2 Å². The van der Waals surface area contributed by atoms with E-state index in [2.05, 4.69) is 15.9 Å². The molecule has 0 aromatic heterocycles. The van der Waals surface area contributed by atoms with E-state index in [1.807, 2.05) is 49.4 Å². The molecule has 20 heavy (non-hydrogen) atoms. The third-order valence-electron chi connectivity index (χ3n) is 2.88. The molecule has 4 heteroatoms. The van der Waals surface area contributed by atoms with Crippen LogP contribution in [0.25, 0.3) is 0 Å². The lowest BCUT2D eigenvalue weighted by Crippen LogP contribution is -2.11. The summed E-state index contributed by atoms with van der Waals surface area (Å²) in [6.07, 6.45) is 0. The molecule has 2 aromatic rings. The SMILES string of the molecule is Cc1cc(Br)cc(CN)c1OCCOc1ccccc1. The van der Waals surface area contributed by atoms with Gasteiger partial charge < -0.3 is 15.2 Å². The van der Waals surface area contributed by atoms with Gasteiger partial charge >= 0.3 is 0 Å². The van der Waals surface area contributed by atoms with Gasteiger partial charge in [-0.3, -0.25) is 0 Å². The molecule has 0 unspecified atom stereocenters. The van der Waals surface area contributed by atoms with Crippen LogP contribution in [0.2, 0.25) is 0 Å². The number of benzene rings is 2. The first-order valence-corrected chi connectivity index (χ1v) is 7.29. The summed E-state index contributed by atoms with van der Waals surface area (Å²) in [6.45, 7) is 3.46. The third kappa shape index (κ3) is 3.99. The van der Waals surface area contributed by atoms with E-state index < -0.39 is 0 Å². The number of hydrogen-bond acceptors (Lipinski definition) is 3. The molecule has 2 N–H and O–H groups in total. The van der Waals surface area contributed by atoms with Crippen LogP contribution in [-0.4, -0.2) is 13.2 Å². The molecule has 0 radical (unpaired) electrons. The first-order chi connectivity index (χ1) is 9.70. The second-order valence-electron chi connectivity index (χ2n) is 4.43. The van der Waals surface area contributed by atoms with Gasteiger partial charge in [-0.2, -0.15) is 0 Å². The lowest BCUT2D eigenvalue weighted by atomic mass is 10.1. The smallest absolute Gasteiger partial charge is 0.126 e. The van der Waals surface area contributed by atoms with Crippen molar-refractivity contribution in [2.75, 3.05) is 13.2 Å². The van der Waals surface area contributed by atoms with E-state index in [9.17, 15) is 0 Å². The standard InChI is InChI=1S/C16H18BrNO2/c1-12-9-14(17)10-13(11-18)16(12)20-8-7-19-15-5-3-2-4-6-15/h2-6,9-10H,7-8,11,18H2,1H3. The first-order valence-electron chi connectivity index (χ1n) is 6.50. The lowest BCUT2D eigenvalue weighted by molar-refractivity contribution is 0.215. The zero-order valence-electron chi connectivity index (χ0n) is 11.4. The van der Waals surface area contributed by atoms with Crippen molar-refractivity contribution in [1.82, 2.24) is 0 Å². The lowest BCUT2D eigenvalue weighted by Gasteiger charge is -2.14. The minimum absolute atomic E-state index is 0.454. The van der Waals surface area contributed by atoms with Crippen LogP contribution in [0.3, 0.4) is 0 Å². The fourth-order valence-corrected chi connectivity index (χ4v) is 2.60. The molecule has 2 aromatic carbocycles. The predicted octanol–water partition coefficient (Wildman–Crippen LogP) is 3.67. The molecular weight excluding hydrogens is 318 g/mol. The highest BCUT2D eigenvalue weighted by molar-refractivity contribution is 9.10. The van der Waals surface area contributed by atoms with E-state index in [1.165, 1.54) is 0 Å². The minimum Gasteiger partial charge on any atom is -0.490 e. The minimum atomic E-state index is 0.454. The van der Waals surface area contributed by atoms with Gasteiger partial charge in [-0.25, -0.2) is 0 Å². The average Bonchev–Trinajstić information content (AvgIpc) is 2.45. The van der Waals surface area contributed by atoms with Gasteiger partial charge in [0, 0.05) is 16.6 Å². The summed E-state index contributed by atoms with van der Waals surface area (Å²) in [7, 11) is 0. The number of hydrogen-bond donors (Lipinski definition) is 1. The van der Waals surface area contributed by atoms with Gasteiger partial charge in [0.15, 0.2) is 0 Å². The van der Waals surface area contributed by atoms with Crippen molar-refractivity contribution in [3.05, 3.63) is 58.1 Å². The second-order valence-corrected chi connectivity index (χ2v) is 5.34. The Bertz CT molecular complexity index is 558. The van der Waals surface area contributed by atoms with E-state index in [4.69, 9.17) is 15.2 Å². The molecule has 0 spiro atoms. The van der Waals surface area contributed by atoms with Gasteiger partial charge in [0.1, 0.15) is 24.7 Å². The monoisotopic (exact) mass is 335 g/mol. The third-order valence-corrected chi connectivity index (χ3v) is 3.34. The Morgan fingerprint density at radius 3 is 2.45 bits per heavy atom. The molecule has 3 nitrogen and oxygen atoms in total. The van der Waals surface area contributed by atoms with E-state index >= 15 is 0 Å². The first kappa shape index (κ1) is 14.9. The van der Waals surface area contributed by atoms with Crippen LogP contribution in [0, 0.1) is 6.92 Å². The number of rotatable bonds is 6. The summed E-state index contributed by atoms with van der Waals surface area (Å²) in [4.78, 5) is 0. The fraction of sp³-hybridized carbons (Fsp3) is 0.250. The number of ether oxygens (including phenoxy) is 2. The van der Waals surface area contributed by atoms with Crippen molar-refractivity contribution in [3.63, 3.8) is 0 Å². The van der Waals surface area contributed by atoms with Crippen LogP contribution in [-0.2, 0) is 6.54 Å². The van der Waals surface area contributed by atoms with Gasteiger partial charge in [0.25, 0.3) is 0 Å². The highest BCUT2D eigenvalue weighted by Crippen LogP contribution is 2.27. The van der Waals surface area contributed by atoms with Crippen molar-refractivity contribution in [2.45, 2.75) is 13.5 Å². The van der Waals surface area contributed by atoms with Gasteiger partial charge in [-0.15, -0.1) is 0 Å². The summed E-state index contributed by atoms with van der Waals surface area (Å²) >= 11 is 3.46. The van der Waals surface area contributed by atoms with E-state index in [0.29, 0.717) is 19.8 Å². The molecule has 0 saturated heterocycles. The number of aryl methyl sites for hydroxylation is 1. The maximum atomic E-state index is 5.81. The summed E-state index contributed by atoms with van der Waals surface area (Å²) < 4.78 is 12.4. The average molecular weight is 336 g/mol. The Balaban J connectivity index is 1.91. The molecule has 106 valence electrons. The van der Waals surface area contributed by atoms with Crippen LogP contribution >= 0.6 is 15.9 Å². The predicted molar refractivity (Wildman–Crippen MR) is 84.2 cm³/mol. The molecule has 0 amide bonds. The Kier molecular flexibility index (Phi) is 5.44. The van der Waals surface area contributed by atoms with Gasteiger partial charge in [-0.05, 0) is 36.8 Å². The molecule has 0 heterocycles. The van der Waals surface area contributed by atoms with Gasteiger partial charge in [-0.1, -0.05) is 34.1 Å². The van der Waals surface area contributed by atoms with Crippen molar-refractivity contribution >= 4 is 15.9 Å². The van der Waals surface area contributed by atoms with E-state index in [-0.39, 0.29) is 0 Å². The van der Waals surface area contributed by atoms with E-state index in [0.717, 1.165) is 27.1 Å². The largest absolute Gasteiger partial charge is 0.490 e. The highest BCUT2D eigenvalue weighted by atomic mass is 79.9. The number of para-hydroxylation sites is 1. The zero-order valence-corrected chi connectivity index (χ0v) is 13.0. The summed E-state index contributed by atoms with van der Waals surface area (Å²) in [6, 6.07) is 13.7. The van der Waals surface area contributed by atoms with Gasteiger partial charge in [0.2, 0.25) is 0 Å². The second kappa shape index (κ2) is 7.31. The molecule has 0 atom stereocenters. The fourth-order valence-electron chi connectivity index (χ4n) is 1.98. The van der Waals surface area contributed by atoms with Crippen molar-refractivity contribution in [2.24, 2.45) is 5.73 Å². The van der Waals surface area contributed by atoms with Crippen LogP contribution in [0.4, 0.5) is 0 Å². The van der Waals surface area contributed by atoms with Crippen LogP contribution in [0.5, 0.6) is 11.5 Å². The molecule has 0 aliphatic heterocycles. The molecule has 0 bridgehead atoms. The molecule has 0 fully saturated rings. The summed E-state index contributed by atoms with van der Waals surface area (Å²) in [5.74, 6) is 1.70. The molecule has 0 aliphatic carbocycles. The Morgan fingerprint density at radius 2 is 1.75 bits per heavy atom. The zero-order chi connectivity index (χ0) is 14.4. The maximum Gasteiger partial charge on any atom is 0.126 e. The quantitative estimate of drug-likeness (QED) is 0.819. The molecular formula is C16H18BrNO2. The topological polar surface area (TPSA) is 44.5 Å². The summed E-state index contributed by atoms with van der Waals surface area (Å²) in [5.41, 5.74) is 7.82. The number of nitrogens with two attached hydrogens (primary N) is 1. The highest BCUT2D eigenvalue weighted by Gasteiger charge is 2.07. The van der Waals surface area contributed by atoms with Crippen molar-refractivity contribution < 1.29 is 9.47 Å². The normalized spacial score (nSPS) is 10.3. The van der Waals surface area contributed by atoms with Crippen molar-refractivity contribution in [3.8, 4) is 11.5 Å². The molecule has 0 saturated carbocycles. The number of halogens is 1.